The SMILES string of the molecule is CC.Cc1cnc2c(NCCS(=O)N3CCOCC3)cc(Cl)nn12. The molecule has 0 bridgehead atoms. The molecule has 1 saturated heterocycles. The molecule has 1 fully saturated rings. The Morgan fingerprint density at radius 3 is 2.79 bits per heavy atom. The Bertz CT molecular complexity index is 688. The number of nitrogens with zero attached hydrogens (tertiary/aromatic N) is 4. The van der Waals surface area contributed by atoms with Crippen molar-refractivity contribution in [2.75, 3.05) is 43.9 Å². The normalized spacial score (nSPS) is 16.5. The summed E-state index contributed by atoms with van der Waals surface area (Å²) in [6.45, 7) is 9.22. The Balaban J connectivity index is 0.00000100. The lowest BCUT2D eigenvalue weighted by Crippen LogP contribution is -2.39. The van der Waals surface area contributed by atoms with E-state index in [1.54, 1.807) is 16.8 Å². The van der Waals surface area contributed by atoms with Crippen molar-refractivity contribution in [1.29, 1.82) is 0 Å². The minimum absolute atomic E-state index is 0.394. The van der Waals surface area contributed by atoms with Gasteiger partial charge < -0.3 is 10.1 Å². The van der Waals surface area contributed by atoms with Gasteiger partial charge in [0.1, 0.15) is 0 Å². The molecule has 1 aliphatic heterocycles. The van der Waals surface area contributed by atoms with E-state index >= 15 is 0 Å². The van der Waals surface area contributed by atoms with Gasteiger partial charge in [-0.3, -0.25) is 0 Å². The Labute approximate surface area is 149 Å². The van der Waals surface area contributed by atoms with Crippen molar-refractivity contribution in [3.8, 4) is 0 Å². The summed E-state index contributed by atoms with van der Waals surface area (Å²) in [5.74, 6) is 0.534. The van der Waals surface area contributed by atoms with Crippen LogP contribution in [0.3, 0.4) is 0 Å². The Hall–Kier alpha value is -1.22. The van der Waals surface area contributed by atoms with Gasteiger partial charge in [0.05, 0.1) is 47.5 Å². The molecular weight excluding hydrogens is 350 g/mol. The van der Waals surface area contributed by atoms with Gasteiger partial charge >= 0.3 is 0 Å². The van der Waals surface area contributed by atoms with Crippen LogP contribution in [0.5, 0.6) is 0 Å². The van der Waals surface area contributed by atoms with Crippen LogP contribution >= 0.6 is 11.6 Å². The van der Waals surface area contributed by atoms with Crippen LogP contribution in [0.1, 0.15) is 19.5 Å². The molecule has 3 heterocycles. The van der Waals surface area contributed by atoms with Crippen LogP contribution in [0, 0.1) is 6.92 Å². The number of hydrogen-bond acceptors (Lipinski definition) is 5. The highest BCUT2D eigenvalue weighted by atomic mass is 35.5. The van der Waals surface area contributed by atoms with Crippen molar-refractivity contribution in [3.63, 3.8) is 0 Å². The number of rotatable bonds is 5. The summed E-state index contributed by atoms with van der Waals surface area (Å²) in [5.41, 5.74) is 2.43. The van der Waals surface area contributed by atoms with Gasteiger partial charge in [0.25, 0.3) is 0 Å². The molecule has 0 spiro atoms. The van der Waals surface area contributed by atoms with Gasteiger partial charge in [-0.05, 0) is 6.92 Å². The Kier molecular flexibility index (Phi) is 7.41. The van der Waals surface area contributed by atoms with E-state index in [1.807, 2.05) is 25.1 Å². The van der Waals surface area contributed by atoms with Gasteiger partial charge in [0.15, 0.2) is 10.8 Å². The number of anilines is 1. The van der Waals surface area contributed by atoms with Crippen molar-refractivity contribution in [1.82, 2.24) is 18.9 Å². The fourth-order valence-corrected chi connectivity index (χ4v) is 3.61. The molecule has 0 aromatic carbocycles. The first-order valence-electron chi connectivity index (χ1n) is 8.11. The first kappa shape index (κ1) is 19.1. The van der Waals surface area contributed by atoms with Gasteiger partial charge in [-0.15, -0.1) is 0 Å². The number of aryl methyl sites for hydroxylation is 1. The number of imidazole rings is 1. The minimum atomic E-state index is -0.999. The number of halogens is 1. The topological polar surface area (TPSA) is 71.8 Å². The maximum Gasteiger partial charge on any atom is 0.177 e. The number of fused-ring (bicyclic) bond motifs is 1. The maximum absolute atomic E-state index is 12.2. The Morgan fingerprint density at radius 1 is 1.38 bits per heavy atom. The summed E-state index contributed by atoms with van der Waals surface area (Å²) < 4.78 is 21.1. The average Bonchev–Trinajstić information content (AvgIpc) is 2.98. The predicted octanol–water partition coefficient (Wildman–Crippen LogP) is 2.13. The smallest absolute Gasteiger partial charge is 0.177 e. The third-order valence-corrected chi connectivity index (χ3v) is 5.14. The van der Waals surface area contributed by atoms with E-state index in [1.165, 1.54) is 0 Å². The zero-order chi connectivity index (χ0) is 17.5. The molecule has 134 valence electrons. The number of morpholine rings is 1. The Morgan fingerprint density at radius 2 is 2.08 bits per heavy atom. The van der Waals surface area contributed by atoms with Crippen LogP contribution in [0.15, 0.2) is 12.3 Å². The molecule has 1 unspecified atom stereocenters. The summed E-state index contributed by atoms with van der Waals surface area (Å²) in [6.07, 6.45) is 1.75. The fraction of sp³-hybridized carbons (Fsp3) is 0.600. The van der Waals surface area contributed by atoms with Crippen LogP contribution in [0.4, 0.5) is 5.69 Å². The molecule has 9 heteroatoms. The van der Waals surface area contributed by atoms with Gasteiger partial charge in [-0.1, -0.05) is 25.4 Å². The van der Waals surface area contributed by atoms with Gasteiger partial charge in [-0.2, -0.15) is 5.10 Å². The van der Waals surface area contributed by atoms with E-state index in [2.05, 4.69) is 15.4 Å². The second kappa shape index (κ2) is 9.31. The van der Waals surface area contributed by atoms with Gasteiger partial charge in [0, 0.05) is 25.7 Å². The number of ether oxygens (including phenoxy) is 1. The molecule has 7 nitrogen and oxygen atoms in total. The molecule has 3 rings (SSSR count). The molecule has 0 radical (unpaired) electrons. The molecule has 0 amide bonds. The lowest BCUT2D eigenvalue weighted by Gasteiger charge is -2.25. The van der Waals surface area contributed by atoms with E-state index in [0.29, 0.717) is 30.7 Å². The number of aromatic nitrogens is 3. The lowest BCUT2D eigenvalue weighted by atomic mass is 10.4. The fourth-order valence-electron chi connectivity index (χ4n) is 2.33. The van der Waals surface area contributed by atoms with Gasteiger partial charge in [-0.25, -0.2) is 18.0 Å². The third-order valence-electron chi connectivity index (χ3n) is 3.46. The first-order chi connectivity index (χ1) is 11.6. The van der Waals surface area contributed by atoms with Crippen molar-refractivity contribution >= 4 is 33.9 Å². The van der Waals surface area contributed by atoms with Crippen molar-refractivity contribution in [3.05, 3.63) is 23.1 Å². The molecule has 1 aliphatic rings. The average molecular weight is 374 g/mol. The molecule has 0 saturated carbocycles. The quantitative estimate of drug-likeness (QED) is 0.869. The van der Waals surface area contributed by atoms with Crippen molar-refractivity contribution < 1.29 is 8.95 Å². The second-order valence-electron chi connectivity index (χ2n) is 5.01. The summed E-state index contributed by atoms with van der Waals surface area (Å²) in [7, 11) is -0.999. The van der Waals surface area contributed by atoms with E-state index in [9.17, 15) is 4.21 Å². The molecule has 2 aromatic heterocycles. The summed E-state index contributed by atoms with van der Waals surface area (Å²) in [5, 5.41) is 7.86. The zero-order valence-corrected chi connectivity index (χ0v) is 15.9. The van der Waals surface area contributed by atoms with Crippen LogP contribution in [0.2, 0.25) is 5.15 Å². The van der Waals surface area contributed by atoms with Crippen LogP contribution in [-0.2, 0) is 15.7 Å². The molecule has 24 heavy (non-hydrogen) atoms. The second-order valence-corrected chi connectivity index (χ2v) is 6.96. The zero-order valence-electron chi connectivity index (χ0n) is 14.3. The standard InChI is InChI=1S/C13H18ClN5O2S.C2H6/c1-10-9-16-13-11(8-12(14)17-19(10)13)15-2-7-22(20)18-3-5-21-6-4-18;1-2/h8-9,15H,2-7H2,1H3;1-2H3. The predicted molar refractivity (Wildman–Crippen MR) is 98.0 cm³/mol. The molecular formula is C15H24ClN5O2S. The van der Waals surface area contributed by atoms with E-state index in [-0.39, 0.29) is 0 Å². The molecule has 1 atom stereocenters. The van der Waals surface area contributed by atoms with Crippen molar-refractivity contribution in [2.24, 2.45) is 0 Å². The first-order valence-corrected chi connectivity index (χ1v) is 9.76. The lowest BCUT2D eigenvalue weighted by molar-refractivity contribution is 0.0752. The molecule has 2 aromatic rings. The van der Waals surface area contributed by atoms with E-state index < -0.39 is 11.0 Å². The highest BCUT2D eigenvalue weighted by Crippen LogP contribution is 2.19. The van der Waals surface area contributed by atoms with Crippen LogP contribution < -0.4 is 5.32 Å². The van der Waals surface area contributed by atoms with E-state index in [0.717, 1.165) is 30.1 Å². The summed E-state index contributed by atoms with van der Waals surface area (Å²) in [6, 6.07) is 1.74. The maximum atomic E-state index is 12.2. The largest absolute Gasteiger partial charge is 0.381 e. The molecule has 0 aliphatic carbocycles. The molecule has 1 N–H and O–H groups in total. The van der Waals surface area contributed by atoms with Crippen LogP contribution in [0.25, 0.3) is 5.65 Å². The highest BCUT2D eigenvalue weighted by Gasteiger charge is 2.16. The number of nitrogens with one attached hydrogen (secondary N) is 1. The minimum Gasteiger partial charge on any atom is -0.381 e. The highest BCUT2D eigenvalue weighted by molar-refractivity contribution is 7.82. The summed E-state index contributed by atoms with van der Waals surface area (Å²) >= 11 is 6.03. The van der Waals surface area contributed by atoms with Crippen LogP contribution in [-0.4, -0.2) is 61.7 Å². The third kappa shape index (κ3) is 4.66. The monoisotopic (exact) mass is 373 g/mol. The van der Waals surface area contributed by atoms with E-state index in [4.69, 9.17) is 16.3 Å². The van der Waals surface area contributed by atoms with Crippen molar-refractivity contribution in [2.45, 2.75) is 20.8 Å². The van der Waals surface area contributed by atoms with Gasteiger partial charge in [0.2, 0.25) is 0 Å². The number of hydrogen-bond donors (Lipinski definition) is 1. The summed E-state index contributed by atoms with van der Waals surface area (Å²) in [4.78, 5) is 4.32.